The Morgan fingerprint density at radius 1 is 1.33 bits per heavy atom. The van der Waals surface area contributed by atoms with E-state index >= 15 is 0 Å². The van der Waals surface area contributed by atoms with Crippen molar-refractivity contribution in [2.24, 2.45) is 16.7 Å². The third kappa shape index (κ3) is 1.06. The summed E-state index contributed by atoms with van der Waals surface area (Å²) < 4.78 is 0. The summed E-state index contributed by atoms with van der Waals surface area (Å²) in [7, 11) is 0. The molecule has 1 aliphatic rings. The molecule has 0 aromatic rings. The molecule has 1 rings (SSSR count). The van der Waals surface area contributed by atoms with Crippen LogP contribution < -0.4 is 0 Å². The van der Waals surface area contributed by atoms with Crippen molar-refractivity contribution in [1.82, 2.24) is 0 Å². The molecule has 12 heavy (non-hydrogen) atoms. The maximum Gasteiger partial charge on any atom is 0.0688 e. The Hall–Kier alpha value is -0.480. The summed E-state index contributed by atoms with van der Waals surface area (Å²) in [6.45, 7) is 8.77. The van der Waals surface area contributed by atoms with Crippen molar-refractivity contribution >= 4 is 0 Å². The van der Waals surface area contributed by atoms with Crippen molar-refractivity contribution in [2.45, 2.75) is 40.2 Å². The van der Waals surface area contributed by atoms with E-state index in [9.17, 15) is 5.11 Å². The number of aliphatic hydroxyl groups excluding tert-OH is 1. The Morgan fingerprint density at radius 2 is 1.75 bits per heavy atom. The van der Waals surface area contributed by atoms with Crippen LogP contribution in [-0.4, -0.2) is 11.2 Å². The van der Waals surface area contributed by atoms with Gasteiger partial charge in [0.1, 0.15) is 0 Å². The lowest BCUT2D eigenvalue weighted by Gasteiger charge is -2.07. The predicted octanol–water partition coefficient (Wildman–Crippen LogP) is 2.05. The summed E-state index contributed by atoms with van der Waals surface area (Å²) in [6, 6.07) is 0. The summed E-state index contributed by atoms with van der Waals surface area (Å²) in [4.78, 5) is 0. The second kappa shape index (κ2) is 2.50. The largest absolute Gasteiger partial charge is 0.392 e. The monoisotopic (exact) mass is 166 g/mol. The molecule has 1 N–H and O–H groups in total. The van der Waals surface area contributed by atoms with Crippen LogP contribution in [0, 0.1) is 29.1 Å². The Bertz CT molecular complexity index is 206. The second-order valence-corrected chi connectivity index (χ2v) is 4.90. The van der Waals surface area contributed by atoms with E-state index in [-0.39, 0.29) is 16.9 Å². The Morgan fingerprint density at radius 3 is 2.00 bits per heavy atom. The van der Waals surface area contributed by atoms with Gasteiger partial charge < -0.3 is 5.11 Å². The number of rotatable bonds is 2. The highest BCUT2D eigenvalue weighted by atomic mass is 16.3. The second-order valence-electron chi connectivity index (χ2n) is 4.90. The smallest absolute Gasteiger partial charge is 0.0688 e. The zero-order chi connectivity index (χ0) is 9.57. The van der Waals surface area contributed by atoms with Crippen LogP contribution in [0.2, 0.25) is 0 Å². The first-order valence-electron chi connectivity index (χ1n) is 4.47. The highest BCUT2D eigenvalue weighted by molar-refractivity contribution is 5.15. The van der Waals surface area contributed by atoms with E-state index in [4.69, 9.17) is 6.42 Å². The van der Waals surface area contributed by atoms with Crippen molar-refractivity contribution in [2.75, 3.05) is 0 Å². The average Bonchev–Trinajstić information content (AvgIpc) is 2.24. The van der Waals surface area contributed by atoms with Crippen molar-refractivity contribution in [3.63, 3.8) is 0 Å². The first kappa shape index (κ1) is 9.61. The standard InChI is InChI=1S/C11H18O/c1-6-7-8(12)9-10(2,3)11(9,4)5/h1,8-9,12H,7H2,2-5H3. The van der Waals surface area contributed by atoms with E-state index in [1.54, 1.807) is 0 Å². The van der Waals surface area contributed by atoms with Gasteiger partial charge in [-0.15, -0.1) is 12.3 Å². The molecule has 0 aromatic carbocycles. The van der Waals surface area contributed by atoms with Gasteiger partial charge in [-0.3, -0.25) is 0 Å². The van der Waals surface area contributed by atoms with E-state index < -0.39 is 0 Å². The summed E-state index contributed by atoms with van der Waals surface area (Å²) in [6.07, 6.45) is 5.33. The quantitative estimate of drug-likeness (QED) is 0.622. The Labute approximate surface area is 75.2 Å². The molecule has 1 fully saturated rings. The molecular weight excluding hydrogens is 148 g/mol. The SMILES string of the molecule is C#CCC(O)C1C(C)(C)C1(C)C. The van der Waals surface area contributed by atoms with Crippen molar-refractivity contribution in [3.05, 3.63) is 0 Å². The minimum absolute atomic E-state index is 0.239. The normalized spacial score (nSPS) is 27.7. The number of hydrogen-bond acceptors (Lipinski definition) is 1. The number of aliphatic hydroxyl groups is 1. The van der Waals surface area contributed by atoms with Gasteiger partial charge in [0.25, 0.3) is 0 Å². The molecular formula is C11H18O. The van der Waals surface area contributed by atoms with Crippen LogP contribution in [0.25, 0.3) is 0 Å². The molecule has 0 saturated heterocycles. The fraction of sp³-hybridized carbons (Fsp3) is 0.818. The van der Waals surface area contributed by atoms with Crippen molar-refractivity contribution in [3.8, 4) is 12.3 Å². The first-order chi connectivity index (χ1) is 5.35. The zero-order valence-corrected chi connectivity index (χ0v) is 8.39. The summed E-state index contributed by atoms with van der Waals surface area (Å²) >= 11 is 0. The highest BCUT2D eigenvalue weighted by Crippen LogP contribution is 2.69. The average molecular weight is 166 g/mol. The first-order valence-corrected chi connectivity index (χ1v) is 4.47. The van der Waals surface area contributed by atoms with Gasteiger partial charge in [0.2, 0.25) is 0 Å². The van der Waals surface area contributed by atoms with Gasteiger partial charge in [0, 0.05) is 6.42 Å². The van der Waals surface area contributed by atoms with E-state index in [1.165, 1.54) is 0 Å². The highest BCUT2D eigenvalue weighted by Gasteiger charge is 2.66. The lowest BCUT2D eigenvalue weighted by molar-refractivity contribution is 0.134. The lowest BCUT2D eigenvalue weighted by Crippen LogP contribution is -2.12. The van der Waals surface area contributed by atoms with Crippen LogP contribution >= 0.6 is 0 Å². The molecule has 0 amide bonds. The molecule has 68 valence electrons. The minimum Gasteiger partial charge on any atom is -0.392 e. The zero-order valence-electron chi connectivity index (χ0n) is 8.39. The van der Waals surface area contributed by atoms with Crippen LogP contribution in [0.3, 0.4) is 0 Å². The molecule has 1 atom stereocenters. The van der Waals surface area contributed by atoms with Gasteiger partial charge in [-0.25, -0.2) is 0 Å². The van der Waals surface area contributed by atoms with E-state index in [0.29, 0.717) is 12.3 Å². The van der Waals surface area contributed by atoms with Gasteiger partial charge >= 0.3 is 0 Å². The van der Waals surface area contributed by atoms with E-state index in [1.807, 2.05) is 0 Å². The van der Waals surface area contributed by atoms with Crippen molar-refractivity contribution in [1.29, 1.82) is 0 Å². The van der Waals surface area contributed by atoms with Gasteiger partial charge in [0.05, 0.1) is 6.10 Å². The Kier molecular flexibility index (Phi) is 2.00. The number of terminal acetylenes is 1. The third-order valence-electron chi connectivity index (χ3n) is 3.84. The van der Waals surface area contributed by atoms with Gasteiger partial charge in [-0.2, -0.15) is 0 Å². The molecule has 1 saturated carbocycles. The van der Waals surface area contributed by atoms with Gasteiger partial charge in [-0.05, 0) is 16.7 Å². The van der Waals surface area contributed by atoms with E-state index in [2.05, 4.69) is 33.6 Å². The molecule has 0 aromatic heterocycles. The van der Waals surface area contributed by atoms with Gasteiger partial charge in [-0.1, -0.05) is 27.7 Å². The molecule has 1 heteroatoms. The lowest BCUT2D eigenvalue weighted by atomic mass is 10.0. The Balaban J connectivity index is 2.65. The molecule has 1 unspecified atom stereocenters. The molecule has 0 heterocycles. The van der Waals surface area contributed by atoms with E-state index in [0.717, 1.165) is 0 Å². The molecule has 0 aliphatic heterocycles. The van der Waals surface area contributed by atoms with Crippen LogP contribution in [0.4, 0.5) is 0 Å². The van der Waals surface area contributed by atoms with Crippen LogP contribution in [-0.2, 0) is 0 Å². The number of hydrogen-bond donors (Lipinski definition) is 1. The molecule has 1 aliphatic carbocycles. The molecule has 0 radical (unpaired) electrons. The van der Waals surface area contributed by atoms with Crippen LogP contribution in [0.5, 0.6) is 0 Å². The fourth-order valence-corrected chi connectivity index (χ4v) is 2.45. The van der Waals surface area contributed by atoms with Crippen LogP contribution in [0.1, 0.15) is 34.1 Å². The van der Waals surface area contributed by atoms with Crippen molar-refractivity contribution < 1.29 is 5.11 Å². The molecule has 0 bridgehead atoms. The summed E-state index contributed by atoms with van der Waals surface area (Å²) in [5.74, 6) is 2.88. The third-order valence-corrected chi connectivity index (χ3v) is 3.84. The summed E-state index contributed by atoms with van der Waals surface area (Å²) in [5.41, 5.74) is 0.479. The van der Waals surface area contributed by atoms with Gasteiger partial charge in [0.15, 0.2) is 0 Å². The topological polar surface area (TPSA) is 20.2 Å². The predicted molar refractivity (Wildman–Crippen MR) is 50.5 cm³/mol. The fourth-order valence-electron chi connectivity index (χ4n) is 2.45. The summed E-state index contributed by atoms with van der Waals surface area (Å²) in [5, 5.41) is 9.72. The van der Waals surface area contributed by atoms with Crippen LogP contribution in [0.15, 0.2) is 0 Å². The molecule has 0 spiro atoms. The maximum absolute atomic E-state index is 9.72. The maximum atomic E-state index is 9.72. The minimum atomic E-state index is -0.319. The molecule has 1 nitrogen and oxygen atoms in total.